The topological polar surface area (TPSA) is 64.0 Å². The van der Waals surface area contributed by atoms with Gasteiger partial charge < -0.3 is 5.32 Å². The van der Waals surface area contributed by atoms with E-state index in [1.807, 2.05) is 13.8 Å². The second-order valence-electron chi connectivity index (χ2n) is 6.94. The molecule has 1 atom stereocenters. The normalized spacial score (nSPS) is 16.2. The van der Waals surface area contributed by atoms with Crippen molar-refractivity contribution in [3.8, 4) is 5.69 Å². The summed E-state index contributed by atoms with van der Waals surface area (Å²) in [5.74, 6) is 0.00868. The minimum atomic E-state index is -0.451. The van der Waals surface area contributed by atoms with Gasteiger partial charge in [-0.3, -0.25) is 14.2 Å². The summed E-state index contributed by atoms with van der Waals surface area (Å²) in [5.41, 5.74) is 0.909. The Morgan fingerprint density at radius 2 is 1.96 bits per heavy atom. The van der Waals surface area contributed by atoms with Crippen LogP contribution in [0.4, 0.5) is 4.39 Å². The van der Waals surface area contributed by atoms with E-state index >= 15 is 0 Å². The molecule has 0 saturated carbocycles. The number of para-hydroxylation sites is 1. The fourth-order valence-corrected chi connectivity index (χ4v) is 3.44. The fraction of sp³-hybridized carbons (Fsp3) is 0.250. The molecule has 0 radical (unpaired) electrons. The summed E-state index contributed by atoms with van der Waals surface area (Å²) in [6.07, 6.45) is 0.618. The number of halogens is 1. The minimum Gasteiger partial charge on any atom is -0.342 e. The van der Waals surface area contributed by atoms with Crippen molar-refractivity contribution >= 4 is 16.8 Å². The molecule has 1 N–H and O–H groups in total. The second kappa shape index (κ2) is 6.05. The van der Waals surface area contributed by atoms with Crippen LogP contribution in [-0.4, -0.2) is 15.5 Å². The van der Waals surface area contributed by atoms with Crippen molar-refractivity contribution in [3.63, 3.8) is 0 Å². The lowest BCUT2D eigenvalue weighted by Gasteiger charge is -2.20. The highest BCUT2D eigenvalue weighted by Crippen LogP contribution is 2.28. The van der Waals surface area contributed by atoms with E-state index in [1.54, 1.807) is 24.3 Å². The number of carbonyl (C=O) groups excluding carboxylic acids is 1. The van der Waals surface area contributed by atoms with E-state index in [2.05, 4.69) is 10.3 Å². The highest BCUT2D eigenvalue weighted by Gasteiger charge is 2.29. The first-order valence-corrected chi connectivity index (χ1v) is 8.58. The molecule has 2 heterocycles. The van der Waals surface area contributed by atoms with Gasteiger partial charge in [0.15, 0.2) is 0 Å². The summed E-state index contributed by atoms with van der Waals surface area (Å²) in [6, 6.07) is 10.5. The Morgan fingerprint density at radius 3 is 2.73 bits per heavy atom. The maximum absolute atomic E-state index is 13.7. The highest BCUT2D eigenvalue weighted by atomic mass is 19.1. The quantitative estimate of drug-likeness (QED) is 0.770. The molecule has 1 aromatic heterocycles. The average Bonchev–Trinajstić information content (AvgIpc) is 2.70. The molecular formula is C20H18FN3O2. The third-order valence-corrected chi connectivity index (χ3v) is 4.57. The van der Waals surface area contributed by atoms with Gasteiger partial charge >= 0.3 is 0 Å². The number of aromatic nitrogens is 2. The van der Waals surface area contributed by atoms with Gasteiger partial charge in [0.2, 0.25) is 0 Å². The Hall–Kier alpha value is -3.02. The van der Waals surface area contributed by atoms with Crippen molar-refractivity contribution in [2.24, 2.45) is 5.92 Å². The van der Waals surface area contributed by atoms with E-state index in [-0.39, 0.29) is 17.4 Å². The monoisotopic (exact) mass is 351 g/mol. The van der Waals surface area contributed by atoms with Crippen LogP contribution >= 0.6 is 0 Å². The predicted octanol–water partition coefficient (Wildman–Crippen LogP) is 3.36. The third-order valence-electron chi connectivity index (χ3n) is 4.57. The van der Waals surface area contributed by atoms with Gasteiger partial charge in [0, 0.05) is 6.07 Å². The summed E-state index contributed by atoms with van der Waals surface area (Å²) in [4.78, 5) is 30.5. The van der Waals surface area contributed by atoms with E-state index in [0.717, 1.165) is 0 Å². The second-order valence-corrected chi connectivity index (χ2v) is 6.94. The average molecular weight is 351 g/mol. The molecule has 4 rings (SSSR count). The first-order valence-electron chi connectivity index (χ1n) is 8.58. The molecule has 0 spiro atoms. The van der Waals surface area contributed by atoms with Crippen LogP contribution in [0, 0.1) is 11.7 Å². The molecule has 0 aliphatic carbocycles. The van der Waals surface area contributed by atoms with Crippen molar-refractivity contribution in [1.29, 1.82) is 0 Å². The van der Waals surface area contributed by atoms with E-state index < -0.39 is 11.9 Å². The largest absolute Gasteiger partial charge is 0.342 e. The Morgan fingerprint density at radius 1 is 1.19 bits per heavy atom. The minimum absolute atomic E-state index is 0.244. The number of amides is 1. The molecule has 1 amide bonds. The third kappa shape index (κ3) is 2.58. The zero-order valence-electron chi connectivity index (χ0n) is 14.5. The number of fused-ring (bicyclic) bond motifs is 4. The summed E-state index contributed by atoms with van der Waals surface area (Å²) < 4.78 is 15.2. The SMILES string of the molecule is CC(C)CC1NC(=O)c2ccccc2-n2c1nc1cc(F)ccc1c2=O. The molecule has 132 valence electrons. The van der Waals surface area contributed by atoms with Crippen LogP contribution in [0.3, 0.4) is 0 Å². The zero-order valence-corrected chi connectivity index (χ0v) is 14.5. The predicted molar refractivity (Wildman–Crippen MR) is 97.0 cm³/mol. The van der Waals surface area contributed by atoms with Gasteiger partial charge in [-0.2, -0.15) is 0 Å². The van der Waals surface area contributed by atoms with Crippen LogP contribution in [-0.2, 0) is 0 Å². The van der Waals surface area contributed by atoms with Gasteiger partial charge in [-0.15, -0.1) is 0 Å². The Balaban J connectivity index is 2.10. The first-order chi connectivity index (χ1) is 12.5. The molecule has 26 heavy (non-hydrogen) atoms. The molecule has 6 heteroatoms. The highest BCUT2D eigenvalue weighted by molar-refractivity contribution is 5.98. The van der Waals surface area contributed by atoms with Crippen LogP contribution in [0.15, 0.2) is 47.3 Å². The number of hydrogen-bond donors (Lipinski definition) is 1. The number of nitrogens with one attached hydrogen (secondary N) is 1. The van der Waals surface area contributed by atoms with Gasteiger partial charge in [0.05, 0.1) is 28.2 Å². The van der Waals surface area contributed by atoms with Crippen LogP contribution < -0.4 is 10.9 Å². The Bertz CT molecular complexity index is 1090. The zero-order chi connectivity index (χ0) is 18.4. The van der Waals surface area contributed by atoms with Crippen molar-refractivity contribution in [2.45, 2.75) is 26.3 Å². The van der Waals surface area contributed by atoms with Crippen molar-refractivity contribution in [2.75, 3.05) is 0 Å². The number of carbonyl (C=O) groups is 1. The fourth-order valence-electron chi connectivity index (χ4n) is 3.44. The van der Waals surface area contributed by atoms with Crippen LogP contribution in [0.25, 0.3) is 16.6 Å². The molecule has 1 unspecified atom stereocenters. The summed E-state index contributed by atoms with van der Waals surface area (Å²) in [6.45, 7) is 4.07. The number of hydrogen-bond acceptors (Lipinski definition) is 3. The van der Waals surface area contributed by atoms with Crippen molar-refractivity contribution in [1.82, 2.24) is 14.9 Å². The van der Waals surface area contributed by atoms with E-state index in [0.29, 0.717) is 34.4 Å². The molecule has 5 nitrogen and oxygen atoms in total. The van der Waals surface area contributed by atoms with E-state index in [4.69, 9.17) is 0 Å². The van der Waals surface area contributed by atoms with Crippen LogP contribution in [0.1, 0.15) is 42.5 Å². The van der Waals surface area contributed by atoms with Gasteiger partial charge in [0.1, 0.15) is 11.6 Å². The molecule has 1 aliphatic rings. The Labute approximate surface area is 149 Å². The molecule has 3 aromatic rings. The molecule has 1 aliphatic heterocycles. The number of rotatable bonds is 2. The molecule has 0 bridgehead atoms. The molecule has 0 saturated heterocycles. The standard InChI is InChI=1S/C20H18FN3O2/c1-11(2)9-16-18-22-15-10-12(21)7-8-13(15)20(26)24(18)17-6-4-3-5-14(17)19(25)23-16/h3-8,10-11,16H,9H2,1-2H3,(H,23,25). The lowest BCUT2D eigenvalue weighted by atomic mass is 10.0. The summed E-state index contributed by atoms with van der Waals surface area (Å²) in [7, 11) is 0. The molecule has 2 aromatic carbocycles. The van der Waals surface area contributed by atoms with Gasteiger partial charge in [-0.05, 0) is 36.6 Å². The molecule has 0 fully saturated rings. The Kier molecular flexibility index (Phi) is 3.83. The smallest absolute Gasteiger partial charge is 0.266 e. The lowest BCUT2D eigenvalue weighted by Crippen LogP contribution is -2.31. The van der Waals surface area contributed by atoms with Gasteiger partial charge in [-0.1, -0.05) is 26.0 Å². The number of benzene rings is 2. The summed E-state index contributed by atoms with van der Waals surface area (Å²) in [5, 5.41) is 3.30. The van der Waals surface area contributed by atoms with Crippen LogP contribution in [0.2, 0.25) is 0 Å². The van der Waals surface area contributed by atoms with Crippen LogP contribution in [0.5, 0.6) is 0 Å². The molecular weight excluding hydrogens is 333 g/mol. The lowest BCUT2D eigenvalue weighted by molar-refractivity contribution is 0.0933. The van der Waals surface area contributed by atoms with Gasteiger partial charge in [-0.25, -0.2) is 9.37 Å². The maximum atomic E-state index is 13.7. The van der Waals surface area contributed by atoms with E-state index in [1.165, 1.54) is 22.8 Å². The number of nitrogens with zero attached hydrogens (tertiary/aromatic N) is 2. The maximum Gasteiger partial charge on any atom is 0.266 e. The van der Waals surface area contributed by atoms with Crippen molar-refractivity contribution < 1.29 is 9.18 Å². The van der Waals surface area contributed by atoms with Crippen molar-refractivity contribution in [3.05, 3.63) is 70.0 Å². The first kappa shape index (κ1) is 16.4. The van der Waals surface area contributed by atoms with Gasteiger partial charge in [0.25, 0.3) is 11.5 Å². The summed E-state index contributed by atoms with van der Waals surface area (Å²) >= 11 is 0. The van der Waals surface area contributed by atoms with E-state index in [9.17, 15) is 14.0 Å².